The topological polar surface area (TPSA) is 221 Å². The predicted molar refractivity (Wildman–Crippen MR) is 197 cm³/mol. The highest BCUT2D eigenvalue weighted by atomic mass is 16.5. The highest BCUT2D eigenvalue weighted by molar-refractivity contribution is 6.31. The number of anilines is 1. The van der Waals surface area contributed by atoms with Crippen LogP contribution in [0.3, 0.4) is 0 Å². The van der Waals surface area contributed by atoms with Gasteiger partial charge in [-0.3, -0.25) is 38.5 Å². The van der Waals surface area contributed by atoms with Crippen LogP contribution in [0.1, 0.15) is 68.3 Å². The Morgan fingerprint density at radius 1 is 0.909 bits per heavy atom. The molecule has 0 bridgehead atoms. The van der Waals surface area contributed by atoms with Gasteiger partial charge in [0.2, 0.25) is 23.5 Å². The Hall–Kier alpha value is -6.77. The maximum absolute atomic E-state index is 13.5. The number of carbonyl (C=O) groups excluding carboxylic acids is 7. The molecule has 0 fully saturated rings. The van der Waals surface area contributed by atoms with Gasteiger partial charge in [0, 0.05) is 65.7 Å². The molecule has 6 N–H and O–H groups in total. The first-order valence-electron chi connectivity index (χ1n) is 17.6. The highest BCUT2D eigenvalue weighted by Crippen LogP contribution is 2.47. The van der Waals surface area contributed by atoms with Gasteiger partial charge in [0.15, 0.2) is 5.78 Å². The number of carbonyl (C=O) groups is 7. The number of phenols is 2. The Bertz CT molecular complexity index is 2170. The second-order valence-corrected chi connectivity index (χ2v) is 13.4. The van der Waals surface area contributed by atoms with Crippen molar-refractivity contribution in [2.75, 3.05) is 25.5 Å². The van der Waals surface area contributed by atoms with Crippen LogP contribution < -0.4 is 26.0 Å². The van der Waals surface area contributed by atoms with Crippen molar-refractivity contribution in [2.45, 2.75) is 45.2 Å². The highest BCUT2D eigenvalue weighted by Gasteiger charge is 2.41. The van der Waals surface area contributed by atoms with Crippen LogP contribution in [0.2, 0.25) is 0 Å². The van der Waals surface area contributed by atoms with Gasteiger partial charge in [-0.25, -0.2) is 0 Å². The van der Waals surface area contributed by atoms with Gasteiger partial charge in [-0.05, 0) is 49.9 Å². The number of hydrogen-bond acceptors (Lipinski definition) is 11. The van der Waals surface area contributed by atoms with Crippen LogP contribution in [-0.4, -0.2) is 82.5 Å². The second kappa shape index (κ2) is 15.7. The van der Waals surface area contributed by atoms with E-state index in [4.69, 9.17) is 4.74 Å². The van der Waals surface area contributed by atoms with E-state index >= 15 is 0 Å². The van der Waals surface area contributed by atoms with Crippen LogP contribution in [0.4, 0.5) is 5.69 Å². The van der Waals surface area contributed by atoms with E-state index in [1.165, 1.54) is 13.2 Å². The maximum atomic E-state index is 13.5. The fourth-order valence-electron chi connectivity index (χ4n) is 6.90. The third-order valence-corrected chi connectivity index (χ3v) is 9.86. The van der Waals surface area contributed by atoms with Gasteiger partial charge < -0.3 is 36.2 Å². The van der Waals surface area contributed by atoms with Crippen LogP contribution in [-0.2, 0) is 43.4 Å². The molecule has 3 aliphatic rings. The summed E-state index contributed by atoms with van der Waals surface area (Å²) in [5, 5.41) is 33.7. The quantitative estimate of drug-likeness (QED) is 0.0859. The zero-order valence-electron chi connectivity index (χ0n) is 30.1. The van der Waals surface area contributed by atoms with Crippen LogP contribution in [0.15, 0.2) is 66.9 Å². The number of imide groups is 1. The van der Waals surface area contributed by atoms with E-state index in [1.54, 1.807) is 43.3 Å². The molecule has 0 radical (unpaired) electrons. The Labute approximate surface area is 315 Å². The molecule has 284 valence electrons. The van der Waals surface area contributed by atoms with Crippen LogP contribution in [0.25, 0.3) is 0 Å². The van der Waals surface area contributed by atoms with Crippen LogP contribution >= 0.6 is 0 Å². The van der Waals surface area contributed by atoms with Crippen molar-refractivity contribution in [3.8, 4) is 17.2 Å². The molecule has 2 atom stereocenters. The lowest BCUT2D eigenvalue weighted by atomic mass is 9.75. The lowest BCUT2D eigenvalue weighted by Crippen LogP contribution is -2.41. The Balaban J connectivity index is 0.981. The van der Waals surface area contributed by atoms with E-state index in [0.717, 1.165) is 22.6 Å². The summed E-state index contributed by atoms with van der Waals surface area (Å²) in [4.78, 5) is 89.4. The first-order valence-corrected chi connectivity index (χ1v) is 17.6. The molecule has 1 aliphatic heterocycles. The number of ketones is 2. The van der Waals surface area contributed by atoms with Crippen LogP contribution in [0.5, 0.6) is 17.2 Å². The van der Waals surface area contributed by atoms with Gasteiger partial charge in [0.25, 0.3) is 11.8 Å². The largest absolute Gasteiger partial charge is 0.507 e. The minimum Gasteiger partial charge on any atom is -0.507 e. The van der Waals surface area contributed by atoms with Crippen molar-refractivity contribution in [1.82, 2.24) is 20.9 Å². The minimum atomic E-state index is -0.709. The number of hydrogen-bond donors (Lipinski definition) is 6. The van der Waals surface area contributed by atoms with Gasteiger partial charge in [-0.15, -0.1) is 0 Å². The van der Waals surface area contributed by atoms with Crippen molar-refractivity contribution in [2.24, 2.45) is 5.92 Å². The molecule has 3 aromatic carbocycles. The SMILES string of the molecule is C=C(CNC(=O)CCN1C(=O)C=CC1=O)NC(C)C(=O)Nc1ccc(CNC(=O)C2CCc3c(O)c4c(c(O)c3C2)C(=O)c2cccc(OC)c2C4=O)cc1. The number of benzene rings is 3. The Morgan fingerprint density at radius 2 is 1.58 bits per heavy atom. The molecule has 55 heavy (non-hydrogen) atoms. The normalized spacial score (nSPS) is 16.1. The van der Waals surface area contributed by atoms with Crippen molar-refractivity contribution < 1.29 is 48.5 Å². The lowest BCUT2D eigenvalue weighted by molar-refractivity contribution is -0.137. The lowest BCUT2D eigenvalue weighted by Gasteiger charge is -2.29. The summed E-state index contributed by atoms with van der Waals surface area (Å²) in [7, 11) is 1.37. The van der Waals surface area contributed by atoms with Crippen LogP contribution in [0, 0.1) is 5.92 Å². The average molecular weight is 750 g/mol. The first-order chi connectivity index (χ1) is 26.3. The number of aromatic hydroxyl groups is 2. The number of nitrogens with one attached hydrogen (secondary N) is 4. The monoisotopic (exact) mass is 749 g/mol. The molecule has 15 heteroatoms. The van der Waals surface area contributed by atoms with E-state index in [1.807, 2.05) is 0 Å². The number of methoxy groups -OCH3 is 1. The molecule has 0 saturated carbocycles. The molecule has 0 saturated heterocycles. The number of phenolic OH excluding ortho intramolecular Hbond substituents is 2. The summed E-state index contributed by atoms with van der Waals surface area (Å²) >= 11 is 0. The third kappa shape index (κ3) is 7.67. The van der Waals surface area contributed by atoms with Crippen molar-refractivity contribution in [3.05, 3.63) is 106 Å². The molecule has 2 aliphatic carbocycles. The molecule has 2 unspecified atom stereocenters. The van der Waals surface area contributed by atoms with E-state index in [0.29, 0.717) is 23.4 Å². The van der Waals surface area contributed by atoms with Crippen molar-refractivity contribution in [1.29, 1.82) is 0 Å². The minimum absolute atomic E-state index is 0.0267. The van der Waals surface area contributed by atoms with Gasteiger partial charge >= 0.3 is 0 Å². The van der Waals surface area contributed by atoms with E-state index in [-0.39, 0.29) is 90.0 Å². The number of ether oxygens (including phenoxy) is 1. The summed E-state index contributed by atoms with van der Waals surface area (Å²) in [6.07, 6.45) is 2.81. The van der Waals surface area contributed by atoms with Gasteiger partial charge in [0.05, 0.1) is 30.3 Å². The molecule has 0 aromatic heterocycles. The number of nitrogens with zero attached hydrogens (tertiary/aromatic N) is 1. The number of fused-ring (bicyclic) bond motifs is 3. The van der Waals surface area contributed by atoms with Crippen molar-refractivity contribution >= 4 is 46.8 Å². The number of amides is 5. The summed E-state index contributed by atoms with van der Waals surface area (Å²) in [6.45, 7) is 5.61. The molecule has 1 heterocycles. The maximum Gasteiger partial charge on any atom is 0.253 e. The molecule has 3 aromatic rings. The molecule has 15 nitrogen and oxygen atoms in total. The van der Waals surface area contributed by atoms with Gasteiger partial charge in [-0.2, -0.15) is 0 Å². The first kappa shape index (κ1) is 38.0. The molecular formula is C40H39N5O10. The van der Waals surface area contributed by atoms with Crippen molar-refractivity contribution in [3.63, 3.8) is 0 Å². The molecule has 5 amide bonds. The van der Waals surface area contributed by atoms with E-state index in [9.17, 15) is 43.8 Å². The standard InChI is InChI=1S/C40H39N5O10/c1-20(18-41-29(46)15-16-45-30(47)13-14-31(45)48)43-21(2)39(53)44-24-10-7-22(8-11-24)19-42-40(54)23-9-12-25-27(17-23)37(51)33-34(35(25)49)38(52)32-26(36(33)50)5-4-6-28(32)55-3/h4-8,10-11,13-14,21,23,43,49,51H,1,9,12,15-19H2,2-3H3,(H,41,46)(H,42,54)(H,44,53). The molecular weight excluding hydrogens is 710 g/mol. The smallest absolute Gasteiger partial charge is 0.253 e. The predicted octanol–water partition coefficient (Wildman–Crippen LogP) is 2.16. The molecule has 0 spiro atoms. The van der Waals surface area contributed by atoms with Gasteiger partial charge in [0.1, 0.15) is 23.3 Å². The Morgan fingerprint density at radius 3 is 2.27 bits per heavy atom. The Kier molecular flexibility index (Phi) is 10.8. The zero-order valence-corrected chi connectivity index (χ0v) is 30.1. The summed E-state index contributed by atoms with van der Waals surface area (Å²) in [5.41, 5.74) is 1.76. The number of rotatable bonds is 13. The summed E-state index contributed by atoms with van der Waals surface area (Å²) in [6, 6.07) is 10.7. The fourth-order valence-corrected chi connectivity index (χ4v) is 6.90. The fraction of sp³-hybridized carbons (Fsp3) is 0.275. The van der Waals surface area contributed by atoms with E-state index < -0.39 is 47.0 Å². The van der Waals surface area contributed by atoms with E-state index in [2.05, 4.69) is 27.8 Å². The zero-order chi connectivity index (χ0) is 39.6. The molecule has 6 rings (SSSR count). The summed E-state index contributed by atoms with van der Waals surface area (Å²) < 4.78 is 5.29. The summed E-state index contributed by atoms with van der Waals surface area (Å²) in [5.74, 6) is -4.39. The third-order valence-electron chi connectivity index (χ3n) is 9.86. The second-order valence-electron chi connectivity index (χ2n) is 13.4. The van der Waals surface area contributed by atoms with Gasteiger partial charge in [-0.1, -0.05) is 30.8 Å². The average Bonchev–Trinajstić information content (AvgIpc) is 3.51.